The van der Waals surface area contributed by atoms with Crippen molar-refractivity contribution in [3.63, 3.8) is 0 Å². The molecule has 1 heteroatoms. The molecule has 82 valence electrons. The van der Waals surface area contributed by atoms with Gasteiger partial charge in [-0.25, -0.2) is 0 Å². The highest BCUT2D eigenvalue weighted by Crippen LogP contribution is 2.38. The molecule has 1 aliphatic rings. The lowest BCUT2D eigenvalue weighted by Crippen LogP contribution is -2.00. The Kier molecular flexibility index (Phi) is 3.57. The normalized spacial score (nSPS) is 21.4. The molecule has 0 fully saturated rings. The molecule has 0 aromatic carbocycles. The number of nitrogens with two attached hydrogens (primary N) is 1. The molecular weight excluding hydrogens is 182 g/mol. The van der Waals surface area contributed by atoms with Gasteiger partial charge in [-0.2, -0.15) is 0 Å². The van der Waals surface area contributed by atoms with Crippen LogP contribution in [0.5, 0.6) is 0 Å². The van der Waals surface area contributed by atoms with Crippen molar-refractivity contribution in [3.8, 4) is 0 Å². The van der Waals surface area contributed by atoms with E-state index in [0.717, 1.165) is 17.7 Å². The van der Waals surface area contributed by atoms with Crippen molar-refractivity contribution in [3.05, 3.63) is 47.7 Å². The van der Waals surface area contributed by atoms with Crippen LogP contribution in [-0.2, 0) is 0 Å². The average Bonchev–Trinajstić information content (AvgIpc) is 2.54. The Morgan fingerprint density at radius 1 is 1.53 bits per heavy atom. The summed E-state index contributed by atoms with van der Waals surface area (Å²) in [5, 5.41) is 0. The minimum absolute atomic E-state index is 0.322. The zero-order valence-electron chi connectivity index (χ0n) is 10.0. The van der Waals surface area contributed by atoms with Crippen LogP contribution in [0.15, 0.2) is 47.7 Å². The van der Waals surface area contributed by atoms with Gasteiger partial charge in [0.25, 0.3) is 0 Å². The molecule has 0 aromatic heterocycles. The van der Waals surface area contributed by atoms with Gasteiger partial charge < -0.3 is 5.73 Å². The molecule has 0 aliphatic heterocycles. The highest BCUT2D eigenvalue weighted by molar-refractivity contribution is 5.45. The van der Waals surface area contributed by atoms with Crippen LogP contribution < -0.4 is 5.73 Å². The molecule has 1 aliphatic carbocycles. The molecule has 0 heterocycles. The first kappa shape index (κ1) is 11.8. The van der Waals surface area contributed by atoms with Gasteiger partial charge in [-0.3, -0.25) is 0 Å². The molecule has 0 saturated carbocycles. The van der Waals surface area contributed by atoms with E-state index in [4.69, 9.17) is 5.73 Å². The Morgan fingerprint density at radius 3 is 2.60 bits per heavy atom. The molecule has 0 saturated heterocycles. The standard InChI is InChI=1S/C14H21N/c1-5-11(9-13(15)6-2)12-7-8-14(3,4)10-12/h5-6,9-10H,1,7-8,15H2,2-4H3/b11-9+,13-6+. The summed E-state index contributed by atoms with van der Waals surface area (Å²) in [6, 6.07) is 0. The number of rotatable bonds is 3. The van der Waals surface area contributed by atoms with E-state index < -0.39 is 0 Å². The van der Waals surface area contributed by atoms with E-state index in [1.807, 2.05) is 25.2 Å². The summed E-state index contributed by atoms with van der Waals surface area (Å²) in [5.41, 5.74) is 9.46. The zero-order valence-corrected chi connectivity index (χ0v) is 10.0. The fraction of sp³-hybridized carbons (Fsp3) is 0.429. The average molecular weight is 203 g/mol. The molecule has 2 N–H and O–H groups in total. The highest BCUT2D eigenvalue weighted by atomic mass is 14.5. The van der Waals surface area contributed by atoms with Gasteiger partial charge in [0.15, 0.2) is 0 Å². The van der Waals surface area contributed by atoms with E-state index in [2.05, 4.69) is 26.5 Å². The molecule has 0 amide bonds. The van der Waals surface area contributed by atoms with Crippen molar-refractivity contribution in [1.82, 2.24) is 0 Å². The van der Waals surface area contributed by atoms with E-state index in [0.29, 0.717) is 5.41 Å². The third-order valence-corrected chi connectivity index (χ3v) is 2.85. The summed E-state index contributed by atoms with van der Waals surface area (Å²) in [5.74, 6) is 0. The summed E-state index contributed by atoms with van der Waals surface area (Å²) in [4.78, 5) is 0. The van der Waals surface area contributed by atoms with Crippen molar-refractivity contribution in [2.24, 2.45) is 11.1 Å². The predicted octanol–water partition coefficient (Wildman–Crippen LogP) is 3.71. The molecule has 15 heavy (non-hydrogen) atoms. The number of hydrogen-bond acceptors (Lipinski definition) is 1. The lowest BCUT2D eigenvalue weighted by molar-refractivity contribution is 0.470. The van der Waals surface area contributed by atoms with Crippen LogP contribution in [0.25, 0.3) is 0 Å². The van der Waals surface area contributed by atoms with Gasteiger partial charge >= 0.3 is 0 Å². The SMILES string of the molecule is C=C/C(=C\C(N)=C/C)C1=CC(C)(C)CC1. The molecule has 0 bridgehead atoms. The summed E-state index contributed by atoms with van der Waals surface area (Å²) >= 11 is 0. The Bertz CT molecular complexity index is 340. The van der Waals surface area contributed by atoms with Crippen molar-refractivity contribution in [2.45, 2.75) is 33.6 Å². The van der Waals surface area contributed by atoms with E-state index in [9.17, 15) is 0 Å². The highest BCUT2D eigenvalue weighted by Gasteiger charge is 2.23. The smallest absolute Gasteiger partial charge is 0.0276 e. The van der Waals surface area contributed by atoms with Crippen molar-refractivity contribution in [2.75, 3.05) is 0 Å². The molecule has 0 unspecified atom stereocenters. The maximum Gasteiger partial charge on any atom is 0.0276 e. The Balaban J connectivity index is 2.96. The van der Waals surface area contributed by atoms with Crippen LogP contribution in [0.2, 0.25) is 0 Å². The van der Waals surface area contributed by atoms with Crippen molar-refractivity contribution >= 4 is 0 Å². The monoisotopic (exact) mass is 203 g/mol. The minimum atomic E-state index is 0.322. The van der Waals surface area contributed by atoms with Crippen LogP contribution in [-0.4, -0.2) is 0 Å². The molecule has 0 radical (unpaired) electrons. The molecule has 1 rings (SSSR count). The van der Waals surface area contributed by atoms with Crippen molar-refractivity contribution in [1.29, 1.82) is 0 Å². The first-order chi connectivity index (χ1) is 6.98. The molecule has 0 atom stereocenters. The lowest BCUT2D eigenvalue weighted by atomic mass is 9.94. The van der Waals surface area contributed by atoms with E-state index in [1.165, 1.54) is 12.0 Å². The van der Waals surface area contributed by atoms with Crippen LogP contribution >= 0.6 is 0 Å². The van der Waals surface area contributed by atoms with Crippen molar-refractivity contribution < 1.29 is 0 Å². The van der Waals surface area contributed by atoms with E-state index in [1.54, 1.807) is 0 Å². The number of allylic oxidation sites excluding steroid dienone is 6. The van der Waals surface area contributed by atoms with Gasteiger partial charge in [-0.1, -0.05) is 38.7 Å². The second-order valence-corrected chi connectivity index (χ2v) is 4.75. The van der Waals surface area contributed by atoms with Gasteiger partial charge in [-0.05, 0) is 42.4 Å². The van der Waals surface area contributed by atoms with Crippen LogP contribution in [0, 0.1) is 5.41 Å². The van der Waals surface area contributed by atoms with Crippen LogP contribution in [0.3, 0.4) is 0 Å². The van der Waals surface area contributed by atoms with Gasteiger partial charge in [0, 0.05) is 5.70 Å². The minimum Gasteiger partial charge on any atom is -0.399 e. The summed E-state index contributed by atoms with van der Waals surface area (Å²) in [6.07, 6.45) is 10.5. The fourth-order valence-electron chi connectivity index (χ4n) is 1.85. The molecule has 0 spiro atoms. The first-order valence-electron chi connectivity index (χ1n) is 5.46. The predicted molar refractivity (Wildman–Crippen MR) is 67.3 cm³/mol. The molecular formula is C14H21N. The third kappa shape index (κ3) is 3.12. The first-order valence-corrected chi connectivity index (χ1v) is 5.46. The topological polar surface area (TPSA) is 26.0 Å². The van der Waals surface area contributed by atoms with Gasteiger partial charge in [-0.15, -0.1) is 0 Å². The molecule has 1 nitrogen and oxygen atoms in total. The maximum atomic E-state index is 5.79. The van der Waals surface area contributed by atoms with E-state index in [-0.39, 0.29) is 0 Å². The third-order valence-electron chi connectivity index (χ3n) is 2.85. The second-order valence-electron chi connectivity index (χ2n) is 4.75. The maximum absolute atomic E-state index is 5.79. The Hall–Kier alpha value is -1.24. The lowest BCUT2D eigenvalue weighted by Gasteiger charge is -2.11. The quantitative estimate of drug-likeness (QED) is 0.695. The zero-order chi connectivity index (χ0) is 11.5. The fourth-order valence-corrected chi connectivity index (χ4v) is 1.85. The van der Waals surface area contributed by atoms with E-state index >= 15 is 0 Å². The number of hydrogen-bond donors (Lipinski definition) is 1. The Morgan fingerprint density at radius 2 is 2.20 bits per heavy atom. The van der Waals surface area contributed by atoms with Crippen LogP contribution in [0.1, 0.15) is 33.6 Å². The van der Waals surface area contributed by atoms with Gasteiger partial charge in [0.1, 0.15) is 0 Å². The summed E-state index contributed by atoms with van der Waals surface area (Å²) in [7, 11) is 0. The largest absolute Gasteiger partial charge is 0.399 e. The van der Waals surface area contributed by atoms with Gasteiger partial charge in [0.05, 0.1) is 0 Å². The second kappa shape index (κ2) is 4.52. The van der Waals surface area contributed by atoms with Crippen LogP contribution in [0.4, 0.5) is 0 Å². The summed E-state index contributed by atoms with van der Waals surface area (Å²) < 4.78 is 0. The Labute approximate surface area is 93.1 Å². The summed E-state index contributed by atoms with van der Waals surface area (Å²) in [6.45, 7) is 10.3. The molecule has 0 aromatic rings. The van der Waals surface area contributed by atoms with Gasteiger partial charge in [0.2, 0.25) is 0 Å².